The van der Waals surface area contributed by atoms with E-state index in [9.17, 15) is 4.79 Å². The molecule has 1 aromatic rings. The van der Waals surface area contributed by atoms with Crippen molar-refractivity contribution < 1.29 is 14.3 Å². The molecule has 1 N–H and O–H groups in total. The molecule has 0 saturated carbocycles. The number of benzene rings is 1. The molecule has 0 aromatic heterocycles. The second kappa shape index (κ2) is 7.31. The van der Waals surface area contributed by atoms with Crippen molar-refractivity contribution in [2.45, 2.75) is 25.8 Å². The van der Waals surface area contributed by atoms with E-state index in [1.54, 1.807) is 32.4 Å². The Hall–Kier alpha value is -1.75. The lowest BCUT2D eigenvalue weighted by Gasteiger charge is -2.34. The minimum absolute atomic E-state index is 0.00181. The van der Waals surface area contributed by atoms with Crippen molar-refractivity contribution >= 4 is 5.91 Å². The summed E-state index contributed by atoms with van der Waals surface area (Å²) < 4.78 is 10.6. The highest BCUT2D eigenvalue weighted by molar-refractivity contribution is 5.97. The number of nitrogens with one attached hydrogen (secondary N) is 1. The van der Waals surface area contributed by atoms with Crippen molar-refractivity contribution in [1.82, 2.24) is 10.2 Å². The minimum atomic E-state index is 0.00181. The van der Waals surface area contributed by atoms with Gasteiger partial charge in [-0.1, -0.05) is 0 Å². The predicted molar refractivity (Wildman–Crippen MR) is 82.1 cm³/mol. The molecule has 1 heterocycles. The van der Waals surface area contributed by atoms with Crippen LogP contribution < -0.4 is 14.8 Å². The van der Waals surface area contributed by atoms with E-state index < -0.39 is 0 Å². The van der Waals surface area contributed by atoms with Crippen molar-refractivity contribution in [3.05, 3.63) is 23.8 Å². The van der Waals surface area contributed by atoms with Gasteiger partial charge in [-0.25, -0.2) is 0 Å². The fourth-order valence-corrected chi connectivity index (χ4v) is 2.80. The molecule has 2 rings (SSSR count). The molecule has 1 aliphatic rings. The number of carbonyl (C=O) groups excluding carboxylic acids is 1. The molecule has 0 radical (unpaired) electrons. The highest BCUT2D eigenvalue weighted by Crippen LogP contribution is 2.26. The van der Waals surface area contributed by atoms with E-state index in [0.29, 0.717) is 23.6 Å². The number of rotatable bonds is 5. The summed E-state index contributed by atoms with van der Waals surface area (Å²) in [6, 6.07) is 5.57. The molecule has 1 saturated heterocycles. The van der Waals surface area contributed by atoms with Crippen LogP contribution in [0.2, 0.25) is 0 Å². The van der Waals surface area contributed by atoms with Crippen LogP contribution in [0.25, 0.3) is 0 Å². The van der Waals surface area contributed by atoms with Crippen molar-refractivity contribution in [3.8, 4) is 11.5 Å². The van der Waals surface area contributed by atoms with Crippen LogP contribution in [-0.2, 0) is 0 Å². The number of ether oxygens (including phenoxy) is 2. The van der Waals surface area contributed by atoms with Gasteiger partial charge in [-0.3, -0.25) is 4.79 Å². The number of piperidine rings is 1. The van der Waals surface area contributed by atoms with Gasteiger partial charge < -0.3 is 19.7 Å². The molecular formula is C16H24N2O3. The standard InChI is InChI=1S/C16H24N2O3/c1-4-18(12-6-5-9-17-11-12)16(19)14-10-13(20-2)7-8-15(14)21-3/h7-8,10,12,17H,4-6,9,11H2,1-3H3. The molecule has 5 heteroatoms. The van der Waals surface area contributed by atoms with Crippen LogP contribution in [0.4, 0.5) is 0 Å². The largest absolute Gasteiger partial charge is 0.497 e. The number of carbonyl (C=O) groups is 1. The number of nitrogens with zero attached hydrogens (tertiary/aromatic N) is 1. The Labute approximate surface area is 126 Å². The molecular weight excluding hydrogens is 268 g/mol. The first-order valence-electron chi connectivity index (χ1n) is 7.45. The highest BCUT2D eigenvalue weighted by Gasteiger charge is 2.27. The van der Waals surface area contributed by atoms with Gasteiger partial charge in [-0.15, -0.1) is 0 Å². The molecule has 1 unspecified atom stereocenters. The molecule has 0 spiro atoms. The van der Waals surface area contributed by atoms with Gasteiger partial charge in [-0.05, 0) is 44.5 Å². The topological polar surface area (TPSA) is 50.8 Å². The number of hydrogen-bond acceptors (Lipinski definition) is 4. The van der Waals surface area contributed by atoms with E-state index in [1.165, 1.54) is 0 Å². The molecule has 1 fully saturated rings. The highest BCUT2D eigenvalue weighted by atomic mass is 16.5. The summed E-state index contributed by atoms with van der Waals surface area (Å²) in [7, 11) is 3.18. The maximum atomic E-state index is 12.9. The zero-order valence-corrected chi connectivity index (χ0v) is 13.0. The lowest BCUT2D eigenvalue weighted by atomic mass is 10.0. The van der Waals surface area contributed by atoms with Crippen molar-refractivity contribution in [3.63, 3.8) is 0 Å². The van der Waals surface area contributed by atoms with Crippen molar-refractivity contribution in [2.75, 3.05) is 33.9 Å². The van der Waals surface area contributed by atoms with Crippen LogP contribution in [0.5, 0.6) is 11.5 Å². The quantitative estimate of drug-likeness (QED) is 0.901. The van der Waals surface area contributed by atoms with E-state index in [0.717, 1.165) is 25.9 Å². The Balaban J connectivity index is 2.27. The third kappa shape index (κ3) is 3.47. The molecule has 116 valence electrons. The first kappa shape index (κ1) is 15.6. The number of amides is 1. The van der Waals surface area contributed by atoms with E-state index >= 15 is 0 Å². The van der Waals surface area contributed by atoms with Crippen LogP contribution >= 0.6 is 0 Å². The monoisotopic (exact) mass is 292 g/mol. The van der Waals surface area contributed by atoms with Gasteiger partial charge >= 0.3 is 0 Å². The average Bonchev–Trinajstić information content (AvgIpc) is 2.55. The Kier molecular flexibility index (Phi) is 5.44. The molecule has 21 heavy (non-hydrogen) atoms. The van der Waals surface area contributed by atoms with Gasteiger partial charge in [0, 0.05) is 19.1 Å². The lowest BCUT2D eigenvalue weighted by Crippen LogP contribution is -2.48. The third-order valence-electron chi connectivity index (χ3n) is 3.95. The van der Waals surface area contributed by atoms with E-state index in [-0.39, 0.29) is 11.9 Å². The summed E-state index contributed by atoms with van der Waals surface area (Å²) in [5, 5.41) is 3.36. The summed E-state index contributed by atoms with van der Waals surface area (Å²) in [5.74, 6) is 1.25. The normalized spacial score (nSPS) is 18.1. The van der Waals surface area contributed by atoms with Crippen LogP contribution in [0.3, 0.4) is 0 Å². The van der Waals surface area contributed by atoms with E-state index in [1.807, 2.05) is 11.8 Å². The zero-order valence-electron chi connectivity index (χ0n) is 13.0. The molecule has 1 atom stereocenters. The number of methoxy groups -OCH3 is 2. The van der Waals surface area contributed by atoms with Crippen molar-refractivity contribution in [2.24, 2.45) is 0 Å². The first-order chi connectivity index (χ1) is 10.2. The minimum Gasteiger partial charge on any atom is -0.497 e. The van der Waals surface area contributed by atoms with Crippen LogP contribution in [-0.4, -0.2) is 50.7 Å². The third-order valence-corrected chi connectivity index (χ3v) is 3.95. The maximum absolute atomic E-state index is 12.9. The van der Waals surface area contributed by atoms with Gasteiger partial charge in [0.05, 0.1) is 19.8 Å². The van der Waals surface area contributed by atoms with Crippen LogP contribution in [0.15, 0.2) is 18.2 Å². The summed E-state index contributed by atoms with van der Waals surface area (Å²) in [5.41, 5.74) is 0.560. The van der Waals surface area contributed by atoms with E-state index in [2.05, 4.69) is 5.32 Å². The van der Waals surface area contributed by atoms with Gasteiger partial charge in [0.2, 0.25) is 0 Å². The lowest BCUT2D eigenvalue weighted by molar-refractivity contribution is 0.0658. The Morgan fingerprint density at radius 2 is 2.19 bits per heavy atom. The first-order valence-corrected chi connectivity index (χ1v) is 7.45. The number of likely N-dealkylation sites (N-methyl/N-ethyl adjacent to an activating group) is 1. The van der Waals surface area contributed by atoms with Crippen molar-refractivity contribution in [1.29, 1.82) is 0 Å². The fraction of sp³-hybridized carbons (Fsp3) is 0.562. The smallest absolute Gasteiger partial charge is 0.258 e. The SMILES string of the molecule is CCN(C(=O)c1cc(OC)ccc1OC)C1CCCNC1. The Morgan fingerprint density at radius 1 is 1.38 bits per heavy atom. The second-order valence-corrected chi connectivity index (χ2v) is 5.16. The summed E-state index contributed by atoms with van der Waals surface area (Å²) in [4.78, 5) is 14.8. The Bertz CT molecular complexity index is 484. The van der Waals surface area contributed by atoms with Crippen LogP contribution in [0, 0.1) is 0 Å². The molecule has 5 nitrogen and oxygen atoms in total. The summed E-state index contributed by atoms with van der Waals surface area (Å²) in [6.45, 7) is 4.58. The van der Waals surface area contributed by atoms with Gasteiger partial charge in [-0.2, -0.15) is 0 Å². The van der Waals surface area contributed by atoms with Gasteiger partial charge in [0.15, 0.2) is 0 Å². The fourth-order valence-electron chi connectivity index (χ4n) is 2.80. The molecule has 1 amide bonds. The Morgan fingerprint density at radius 3 is 2.76 bits per heavy atom. The molecule has 1 aliphatic heterocycles. The predicted octanol–water partition coefficient (Wildman–Crippen LogP) is 1.92. The zero-order chi connectivity index (χ0) is 15.2. The van der Waals surface area contributed by atoms with Gasteiger partial charge in [0.25, 0.3) is 5.91 Å². The molecule has 1 aromatic carbocycles. The average molecular weight is 292 g/mol. The van der Waals surface area contributed by atoms with Gasteiger partial charge in [0.1, 0.15) is 11.5 Å². The maximum Gasteiger partial charge on any atom is 0.258 e. The van der Waals surface area contributed by atoms with Crippen LogP contribution in [0.1, 0.15) is 30.1 Å². The number of hydrogen-bond donors (Lipinski definition) is 1. The summed E-state index contributed by atoms with van der Waals surface area (Å²) >= 11 is 0. The molecule has 0 aliphatic carbocycles. The second-order valence-electron chi connectivity index (χ2n) is 5.16. The summed E-state index contributed by atoms with van der Waals surface area (Å²) in [6.07, 6.45) is 2.14. The van der Waals surface area contributed by atoms with E-state index in [4.69, 9.17) is 9.47 Å². The molecule has 0 bridgehead atoms.